The van der Waals surface area contributed by atoms with E-state index in [0.717, 1.165) is 5.56 Å². The van der Waals surface area contributed by atoms with Gasteiger partial charge in [0.25, 0.3) is 0 Å². The monoisotopic (exact) mass is 332 g/mol. The molecule has 0 bridgehead atoms. The summed E-state index contributed by atoms with van der Waals surface area (Å²) in [5.74, 6) is -0.450. The van der Waals surface area contributed by atoms with E-state index in [0.29, 0.717) is 13.1 Å². The predicted molar refractivity (Wildman–Crippen MR) is 93.2 cm³/mol. The number of benzene rings is 1. The molecule has 2 amide bonds. The molecule has 2 atom stereocenters. The predicted octanol–water partition coefficient (Wildman–Crippen LogP) is 1.87. The molecule has 0 aromatic heterocycles. The molecule has 5 heteroatoms. The van der Waals surface area contributed by atoms with Crippen LogP contribution in [-0.2, 0) is 16.1 Å². The maximum Gasteiger partial charge on any atom is 0.225 e. The Balaban J connectivity index is 1.89. The molecule has 0 aliphatic carbocycles. The molecule has 24 heavy (non-hydrogen) atoms. The molecule has 1 fully saturated rings. The van der Waals surface area contributed by atoms with Crippen LogP contribution in [0.15, 0.2) is 24.3 Å². The van der Waals surface area contributed by atoms with E-state index in [-0.39, 0.29) is 36.6 Å². The fourth-order valence-electron chi connectivity index (χ4n) is 2.63. The summed E-state index contributed by atoms with van der Waals surface area (Å²) in [5, 5.41) is 13.0. The van der Waals surface area contributed by atoms with Gasteiger partial charge < -0.3 is 15.3 Å². The standard InChI is InChI=1S/C19H28N2O3/c1-13(2)19(4,24)12-20-18(23)16-9-17(22)21(11-16)10-15-7-5-14(3)6-8-15/h5-8,13,16,24H,9-12H2,1-4H3,(H,20,23). The molecule has 2 unspecified atom stereocenters. The summed E-state index contributed by atoms with van der Waals surface area (Å²) in [4.78, 5) is 26.2. The number of likely N-dealkylation sites (tertiary alicyclic amines) is 1. The minimum Gasteiger partial charge on any atom is -0.388 e. The van der Waals surface area contributed by atoms with Crippen molar-refractivity contribution in [1.29, 1.82) is 0 Å². The van der Waals surface area contributed by atoms with Gasteiger partial charge in [0.2, 0.25) is 11.8 Å². The van der Waals surface area contributed by atoms with Gasteiger partial charge in [-0.2, -0.15) is 0 Å². The van der Waals surface area contributed by atoms with Crippen LogP contribution in [-0.4, -0.2) is 40.5 Å². The molecule has 1 aromatic carbocycles. The maximum atomic E-state index is 12.3. The van der Waals surface area contributed by atoms with Crippen LogP contribution in [0.4, 0.5) is 0 Å². The van der Waals surface area contributed by atoms with Crippen LogP contribution in [0.3, 0.4) is 0 Å². The van der Waals surface area contributed by atoms with E-state index in [9.17, 15) is 14.7 Å². The molecular weight excluding hydrogens is 304 g/mol. The van der Waals surface area contributed by atoms with E-state index < -0.39 is 5.60 Å². The van der Waals surface area contributed by atoms with Crippen molar-refractivity contribution in [2.24, 2.45) is 11.8 Å². The zero-order chi connectivity index (χ0) is 17.9. The fourth-order valence-corrected chi connectivity index (χ4v) is 2.63. The average molecular weight is 332 g/mol. The number of aryl methyl sites for hydroxylation is 1. The molecule has 2 N–H and O–H groups in total. The van der Waals surface area contributed by atoms with Crippen molar-refractivity contribution < 1.29 is 14.7 Å². The van der Waals surface area contributed by atoms with Gasteiger partial charge in [-0.1, -0.05) is 43.7 Å². The van der Waals surface area contributed by atoms with E-state index in [1.165, 1.54) is 5.56 Å². The third-order valence-corrected chi connectivity index (χ3v) is 4.94. The van der Waals surface area contributed by atoms with E-state index in [4.69, 9.17) is 0 Å². The second kappa shape index (κ2) is 7.34. The number of hydrogen-bond donors (Lipinski definition) is 2. The largest absolute Gasteiger partial charge is 0.388 e. The Morgan fingerprint density at radius 1 is 1.38 bits per heavy atom. The van der Waals surface area contributed by atoms with Gasteiger partial charge in [0.15, 0.2) is 0 Å². The van der Waals surface area contributed by atoms with Crippen molar-refractivity contribution in [3.63, 3.8) is 0 Å². The molecule has 2 rings (SSSR count). The third kappa shape index (κ3) is 4.57. The second-order valence-electron chi connectivity index (χ2n) is 7.39. The first kappa shape index (κ1) is 18.5. The van der Waals surface area contributed by atoms with Crippen LogP contribution in [0, 0.1) is 18.8 Å². The van der Waals surface area contributed by atoms with Crippen molar-refractivity contribution in [1.82, 2.24) is 10.2 Å². The smallest absolute Gasteiger partial charge is 0.225 e. The number of aliphatic hydroxyl groups is 1. The van der Waals surface area contributed by atoms with Crippen LogP contribution in [0.25, 0.3) is 0 Å². The topological polar surface area (TPSA) is 69.6 Å². The molecular formula is C19H28N2O3. The lowest BCUT2D eigenvalue weighted by Gasteiger charge is -2.28. The quantitative estimate of drug-likeness (QED) is 0.835. The van der Waals surface area contributed by atoms with Gasteiger partial charge in [0, 0.05) is 26.1 Å². The minimum atomic E-state index is -0.945. The van der Waals surface area contributed by atoms with Gasteiger partial charge in [-0.05, 0) is 25.3 Å². The van der Waals surface area contributed by atoms with Crippen LogP contribution >= 0.6 is 0 Å². The molecule has 0 saturated carbocycles. The third-order valence-electron chi connectivity index (χ3n) is 4.94. The normalized spacial score (nSPS) is 20.3. The molecule has 1 aromatic rings. The molecule has 1 aliphatic heterocycles. The average Bonchev–Trinajstić information content (AvgIpc) is 2.88. The Morgan fingerprint density at radius 3 is 2.58 bits per heavy atom. The van der Waals surface area contributed by atoms with Crippen LogP contribution in [0.1, 0.15) is 38.3 Å². The molecule has 5 nitrogen and oxygen atoms in total. The lowest BCUT2D eigenvalue weighted by Crippen LogP contribution is -2.46. The Hall–Kier alpha value is -1.88. The van der Waals surface area contributed by atoms with Crippen LogP contribution in [0.5, 0.6) is 0 Å². The van der Waals surface area contributed by atoms with Crippen LogP contribution < -0.4 is 5.32 Å². The maximum absolute atomic E-state index is 12.3. The van der Waals surface area contributed by atoms with Crippen molar-refractivity contribution in [3.8, 4) is 0 Å². The number of nitrogens with one attached hydrogen (secondary N) is 1. The van der Waals surface area contributed by atoms with Crippen molar-refractivity contribution >= 4 is 11.8 Å². The Labute approximate surface area is 144 Å². The number of carbonyl (C=O) groups excluding carboxylic acids is 2. The highest BCUT2D eigenvalue weighted by molar-refractivity contribution is 5.89. The molecule has 1 heterocycles. The van der Waals surface area contributed by atoms with Gasteiger partial charge in [0.1, 0.15) is 0 Å². The fraction of sp³-hybridized carbons (Fsp3) is 0.579. The highest BCUT2D eigenvalue weighted by Gasteiger charge is 2.35. The summed E-state index contributed by atoms with van der Waals surface area (Å²) in [7, 11) is 0. The number of rotatable bonds is 6. The van der Waals surface area contributed by atoms with Gasteiger partial charge in [-0.25, -0.2) is 0 Å². The summed E-state index contributed by atoms with van der Waals surface area (Å²) >= 11 is 0. The summed E-state index contributed by atoms with van der Waals surface area (Å²) in [6.07, 6.45) is 0.238. The van der Waals surface area contributed by atoms with Crippen LogP contribution in [0.2, 0.25) is 0 Å². The lowest BCUT2D eigenvalue weighted by atomic mass is 9.92. The van der Waals surface area contributed by atoms with Crippen molar-refractivity contribution in [3.05, 3.63) is 35.4 Å². The number of amides is 2. The summed E-state index contributed by atoms with van der Waals surface area (Å²) in [6, 6.07) is 8.06. The zero-order valence-corrected chi connectivity index (χ0v) is 15.0. The number of carbonyl (C=O) groups is 2. The zero-order valence-electron chi connectivity index (χ0n) is 15.0. The Morgan fingerprint density at radius 2 is 2.00 bits per heavy atom. The highest BCUT2D eigenvalue weighted by Crippen LogP contribution is 2.21. The van der Waals surface area contributed by atoms with E-state index in [1.807, 2.05) is 45.0 Å². The van der Waals surface area contributed by atoms with Gasteiger partial charge >= 0.3 is 0 Å². The first-order valence-electron chi connectivity index (χ1n) is 8.52. The highest BCUT2D eigenvalue weighted by atomic mass is 16.3. The molecule has 0 radical (unpaired) electrons. The van der Waals surface area contributed by atoms with E-state index in [2.05, 4.69) is 5.32 Å². The first-order chi connectivity index (χ1) is 11.2. The summed E-state index contributed by atoms with van der Waals surface area (Å²) in [6.45, 7) is 8.73. The van der Waals surface area contributed by atoms with Gasteiger partial charge in [-0.3, -0.25) is 9.59 Å². The van der Waals surface area contributed by atoms with Crippen molar-refractivity contribution in [2.45, 2.75) is 46.3 Å². The molecule has 1 aliphatic rings. The first-order valence-corrected chi connectivity index (χ1v) is 8.52. The number of nitrogens with zero attached hydrogens (tertiary/aromatic N) is 1. The molecule has 0 spiro atoms. The molecule has 1 saturated heterocycles. The van der Waals surface area contributed by atoms with E-state index >= 15 is 0 Å². The Bertz CT molecular complexity index is 593. The lowest BCUT2D eigenvalue weighted by molar-refractivity contribution is -0.129. The van der Waals surface area contributed by atoms with Crippen molar-refractivity contribution in [2.75, 3.05) is 13.1 Å². The summed E-state index contributed by atoms with van der Waals surface area (Å²) < 4.78 is 0. The van der Waals surface area contributed by atoms with Gasteiger partial charge in [0.05, 0.1) is 11.5 Å². The SMILES string of the molecule is Cc1ccc(CN2CC(C(=O)NCC(C)(O)C(C)C)CC2=O)cc1. The minimum absolute atomic E-state index is 0.00587. The molecule has 132 valence electrons. The van der Waals surface area contributed by atoms with Gasteiger partial charge in [-0.15, -0.1) is 0 Å². The number of hydrogen-bond acceptors (Lipinski definition) is 3. The second-order valence-corrected chi connectivity index (χ2v) is 7.39. The summed E-state index contributed by atoms with van der Waals surface area (Å²) in [5.41, 5.74) is 1.30. The van der Waals surface area contributed by atoms with E-state index in [1.54, 1.807) is 11.8 Å². The Kier molecular flexibility index (Phi) is 5.65.